The number of amides is 1. The van der Waals surface area contributed by atoms with Crippen LogP contribution in [0.2, 0.25) is 0 Å². The molecule has 2 aromatic rings. The normalized spacial score (nSPS) is 11.3. The molecule has 1 aromatic heterocycles. The minimum Gasteiger partial charge on any atom is -0.351 e. The zero-order chi connectivity index (χ0) is 15.6. The van der Waals surface area contributed by atoms with Crippen LogP contribution < -0.4 is 5.32 Å². The Morgan fingerprint density at radius 1 is 1.48 bits per heavy atom. The van der Waals surface area contributed by atoms with Gasteiger partial charge in [0.2, 0.25) is 5.91 Å². The van der Waals surface area contributed by atoms with Gasteiger partial charge in [-0.25, -0.2) is 0 Å². The maximum Gasteiger partial charge on any atom is 0.222 e. The Morgan fingerprint density at radius 3 is 2.81 bits per heavy atom. The van der Waals surface area contributed by atoms with Crippen molar-refractivity contribution in [2.45, 2.75) is 39.3 Å². The van der Waals surface area contributed by atoms with Crippen LogP contribution in [-0.4, -0.2) is 21.0 Å². The number of rotatable bonds is 3. The van der Waals surface area contributed by atoms with Crippen molar-refractivity contribution >= 4 is 29.2 Å². The van der Waals surface area contributed by atoms with Gasteiger partial charge in [0.1, 0.15) is 6.07 Å². The lowest BCUT2D eigenvalue weighted by atomic mass is 10.1. The highest BCUT2D eigenvalue weighted by atomic mass is 32.1. The summed E-state index contributed by atoms with van der Waals surface area (Å²) in [5.41, 5.74) is 1.88. The second kappa shape index (κ2) is 5.70. The first-order valence-corrected chi connectivity index (χ1v) is 7.15. The number of hydrogen-bond acceptors (Lipinski definition) is 3. The second-order valence-corrected chi connectivity index (χ2v) is 6.33. The number of aromatic amines is 1. The third kappa shape index (κ3) is 3.50. The van der Waals surface area contributed by atoms with E-state index in [1.54, 1.807) is 6.07 Å². The SMILES string of the molecule is CC(C)(C)NC(=O)CCn1c(=S)[nH]c2c(C#N)cccc21. The number of H-pyrrole nitrogens is 1. The molecule has 0 unspecified atom stereocenters. The van der Waals surface area contributed by atoms with Crippen molar-refractivity contribution in [3.05, 3.63) is 28.5 Å². The van der Waals surface area contributed by atoms with Crippen molar-refractivity contribution in [3.63, 3.8) is 0 Å². The molecule has 0 bridgehead atoms. The first kappa shape index (κ1) is 15.3. The predicted octanol–water partition coefficient (Wildman–Crippen LogP) is 2.88. The smallest absolute Gasteiger partial charge is 0.222 e. The van der Waals surface area contributed by atoms with E-state index in [-0.39, 0.29) is 11.4 Å². The summed E-state index contributed by atoms with van der Waals surface area (Å²) >= 11 is 5.29. The van der Waals surface area contributed by atoms with Crippen molar-refractivity contribution in [3.8, 4) is 6.07 Å². The molecule has 0 aliphatic carbocycles. The number of imidazole rings is 1. The van der Waals surface area contributed by atoms with Crippen molar-refractivity contribution in [2.24, 2.45) is 0 Å². The van der Waals surface area contributed by atoms with Crippen molar-refractivity contribution in [1.29, 1.82) is 5.26 Å². The zero-order valence-corrected chi connectivity index (χ0v) is 13.2. The maximum absolute atomic E-state index is 11.9. The molecule has 1 heterocycles. The summed E-state index contributed by atoms with van der Waals surface area (Å²) in [7, 11) is 0. The molecule has 1 amide bonds. The lowest BCUT2D eigenvalue weighted by Crippen LogP contribution is -2.40. The van der Waals surface area contributed by atoms with Crippen molar-refractivity contribution in [2.75, 3.05) is 0 Å². The molecule has 5 nitrogen and oxygen atoms in total. The van der Waals surface area contributed by atoms with Gasteiger partial charge in [-0.05, 0) is 45.1 Å². The maximum atomic E-state index is 11.9. The molecule has 0 atom stereocenters. The van der Waals surface area contributed by atoms with Gasteiger partial charge in [-0.3, -0.25) is 4.79 Å². The molecule has 0 radical (unpaired) electrons. The van der Waals surface area contributed by atoms with Crippen LogP contribution >= 0.6 is 12.2 Å². The van der Waals surface area contributed by atoms with E-state index in [1.165, 1.54) is 0 Å². The summed E-state index contributed by atoms with van der Waals surface area (Å²) in [6.45, 7) is 6.32. The number of carbonyl (C=O) groups excluding carboxylic acids is 1. The number of fused-ring (bicyclic) bond motifs is 1. The van der Waals surface area contributed by atoms with E-state index in [2.05, 4.69) is 16.4 Å². The van der Waals surface area contributed by atoms with E-state index in [0.717, 1.165) is 11.0 Å². The van der Waals surface area contributed by atoms with E-state index in [4.69, 9.17) is 17.5 Å². The number of nitriles is 1. The topological polar surface area (TPSA) is 73.6 Å². The molecule has 0 aliphatic heterocycles. The van der Waals surface area contributed by atoms with Gasteiger partial charge in [0.15, 0.2) is 4.77 Å². The highest BCUT2D eigenvalue weighted by molar-refractivity contribution is 7.71. The van der Waals surface area contributed by atoms with Crippen LogP contribution in [0.4, 0.5) is 0 Å². The quantitative estimate of drug-likeness (QED) is 0.856. The highest BCUT2D eigenvalue weighted by Gasteiger charge is 2.14. The Labute approximate surface area is 128 Å². The van der Waals surface area contributed by atoms with E-state index in [0.29, 0.717) is 23.3 Å². The number of para-hydroxylation sites is 1. The minimum atomic E-state index is -0.243. The van der Waals surface area contributed by atoms with Crippen LogP contribution in [0, 0.1) is 16.1 Å². The predicted molar refractivity (Wildman–Crippen MR) is 84.4 cm³/mol. The van der Waals surface area contributed by atoms with Gasteiger partial charge in [0.05, 0.1) is 16.6 Å². The third-order valence-corrected chi connectivity index (χ3v) is 3.33. The summed E-state index contributed by atoms with van der Waals surface area (Å²) in [5, 5.41) is 12.0. The van der Waals surface area contributed by atoms with Crippen LogP contribution in [0.3, 0.4) is 0 Å². The third-order valence-electron chi connectivity index (χ3n) is 3.01. The molecule has 1 aromatic carbocycles. The molecule has 0 saturated heterocycles. The minimum absolute atomic E-state index is 0.0183. The van der Waals surface area contributed by atoms with Gasteiger partial charge in [0.25, 0.3) is 0 Å². The Kier molecular flexibility index (Phi) is 4.14. The summed E-state index contributed by atoms with van der Waals surface area (Å²) in [5.74, 6) is -0.0183. The summed E-state index contributed by atoms with van der Waals surface area (Å²) < 4.78 is 2.38. The van der Waals surface area contributed by atoms with E-state index >= 15 is 0 Å². The molecular weight excluding hydrogens is 284 g/mol. The van der Waals surface area contributed by atoms with Gasteiger partial charge in [-0.2, -0.15) is 5.26 Å². The Hall–Kier alpha value is -2.13. The van der Waals surface area contributed by atoms with Crippen molar-refractivity contribution in [1.82, 2.24) is 14.9 Å². The number of aromatic nitrogens is 2. The van der Waals surface area contributed by atoms with Crippen LogP contribution in [0.15, 0.2) is 18.2 Å². The number of aryl methyl sites for hydroxylation is 1. The van der Waals surface area contributed by atoms with E-state index in [9.17, 15) is 4.79 Å². The largest absolute Gasteiger partial charge is 0.351 e. The second-order valence-electron chi connectivity index (χ2n) is 5.94. The molecule has 0 spiro atoms. The molecule has 2 N–H and O–H groups in total. The monoisotopic (exact) mass is 302 g/mol. The Morgan fingerprint density at radius 2 is 2.19 bits per heavy atom. The standard InChI is InChI=1S/C15H18N4OS/c1-15(2,3)18-12(20)7-8-19-11-6-4-5-10(9-16)13(11)17-14(19)21/h4-6H,7-8H2,1-3H3,(H,17,21)(H,18,20). The molecule has 6 heteroatoms. The Balaban J connectivity index is 2.24. The number of benzene rings is 1. The number of nitrogens with one attached hydrogen (secondary N) is 2. The summed E-state index contributed by atoms with van der Waals surface area (Å²) in [4.78, 5) is 14.9. The highest BCUT2D eigenvalue weighted by Crippen LogP contribution is 2.18. The van der Waals surface area contributed by atoms with Gasteiger partial charge in [-0.1, -0.05) is 6.07 Å². The lowest BCUT2D eigenvalue weighted by molar-refractivity contribution is -0.122. The van der Waals surface area contributed by atoms with Crippen molar-refractivity contribution < 1.29 is 4.79 Å². The van der Waals surface area contributed by atoms with E-state index < -0.39 is 0 Å². The molecule has 21 heavy (non-hydrogen) atoms. The summed E-state index contributed by atoms with van der Waals surface area (Å²) in [6.07, 6.45) is 0.343. The first-order valence-electron chi connectivity index (χ1n) is 6.74. The molecule has 110 valence electrons. The molecule has 0 fully saturated rings. The molecule has 0 aliphatic rings. The summed E-state index contributed by atoms with van der Waals surface area (Å²) in [6, 6.07) is 7.58. The average Bonchev–Trinajstić information content (AvgIpc) is 2.69. The first-order chi connectivity index (χ1) is 9.81. The van der Waals surface area contributed by atoms with Gasteiger partial charge in [0, 0.05) is 18.5 Å². The molecule has 0 saturated carbocycles. The fourth-order valence-electron chi connectivity index (χ4n) is 2.19. The van der Waals surface area contributed by atoms with Crippen LogP contribution in [-0.2, 0) is 11.3 Å². The lowest BCUT2D eigenvalue weighted by Gasteiger charge is -2.20. The number of nitrogens with zero attached hydrogens (tertiary/aromatic N) is 2. The van der Waals surface area contributed by atoms with Crippen LogP contribution in [0.5, 0.6) is 0 Å². The fourth-order valence-corrected chi connectivity index (χ4v) is 2.48. The fraction of sp³-hybridized carbons (Fsp3) is 0.400. The van der Waals surface area contributed by atoms with E-state index in [1.807, 2.05) is 37.5 Å². The number of hydrogen-bond donors (Lipinski definition) is 2. The van der Waals surface area contributed by atoms with Gasteiger partial charge in [-0.15, -0.1) is 0 Å². The van der Waals surface area contributed by atoms with Gasteiger partial charge >= 0.3 is 0 Å². The van der Waals surface area contributed by atoms with Crippen LogP contribution in [0.1, 0.15) is 32.8 Å². The van der Waals surface area contributed by atoms with Gasteiger partial charge < -0.3 is 14.9 Å². The molecular formula is C15H18N4OS. The Bertz CT molecular complexity index is 774. The zero-order valence-electron chi connectivity index (χ0n) is 12.4. The number of carbonyl (C=O) groups is 1. The van der Waals surface area contributed by atoms with Crippen LogP contribution in [0.25, 0.3) is 11.0 Å². The molecule has 2 rings (SSSR count). The average molecular weight is 302 g/mol.